The fourth-order valence-electron chi connectivity index (χ4n) is 1.36. The van der Waals surface area contributed by atoms with Crippen LogP contribution < -0.4 is 16.0 Å². The predicted molar refractivity (Wildman–Crippen MR) is 58.9 cm³/mol. The molecule has 0 aromatic carbocycles. The Balaban J connectivity index is 1.99. The van der Waals surface area contributed by atoms with Crippen molar-refractivity contribution in [1.82, 2.24) is 16.0 Å². The monoisotopic (exact) mass is 229 g/mol. The molecule has 6 heteroatoms. The Bertz CT molecular complexity index is 241. The zero-order valence-corrected chi connectivity index (χ0v) is 9.54. The van der Waals surface area contributed by atoms with Gasteiger partial charge in [0, 0.05) is 20.1 Å². The molecule has 0 bridgehead atoms. The molecule has 0 saturated carbocycles. The largest absolute Gasteiger partial charge is 0.383 e. The molecule has 0 aliphatic carbocycles. The van der Waals surface area contributed by atoms with Gasteiger partial charge in [0.25, 0.3) is 0 Å². The van der Waals surface area contributed by atoms with Crippen LogP contribution in [0.3, 0.4) is 0 Å². The molecular weight excluding hydrogens is 210 g/mol. The van der Waals surface area contributed by atoms with Crippen molar-refractivity contribution in [1.29, 1.82) is 0 Å². The van der Waals surface area contributed by atoms with Gasteiger partial charge < -0.3 is 20.7 Å². The van der Waals surface area contributed by atoms with Crippen LogP contribution >= 0.6 is 0 Å². The quantitative estimate of drug-likeness (QED) is 0.463. The van der Waals surface area contributed by atoms with Gasteiger partial charge in [-0.2, -0.15) is 0 Å². The maximum Gasteiger partial charge on any atom is 0.239 e. The van der Waals surface area contributed by atoms with Gasteiger partial charge in [0.2, 0.25) is 11.8 Å². The third-order valence-electron chi connectivity index (χ3n) is 2.41. The van der Waals surface area contributed by atoms with Crippen molar-refractivity contribution in [3.63, 3.8) is 0 Å². The van der Waals surface area contributed by atoms with Crippen LogP contribution in [0.15, 0.2) is 0 Å². The third kappa shape index (κ3) is 5.09. The molecule has 3 N–H and O–H groups in total. The van der Waals surface area contributed by atoms with Crippen LogP contribution in [0.1, 0.15) is 6.42 Å². The fourth-order valence-corrected chi connectivity index (χ4v) is 1.36. The minimum atomic E-state index is -0.183. The van der Waals surface area contributed by atoms with Crippen molar-refractivity contribution in [2.45, 2.75) is 6.42 Å². The number of nitrogens with one attached hydrogen (secondary N) is 3. The average Bonchev–Trinajstić information content (AvgIpc) is 2.21. The Morgan fingerprint density at radius 1 is 1.31 bits per heavy atom. The van der Waals surface area contributed by atoms with E-state index < -0.39 is 0 Å². The van der Waals surface area contributed by atoms with Gasteiger partial charge in [0.15, 0.2) is 0 Å². The molecule has 1 fully saturated rings. The number of ether oxygens (including phenoxy) is 1. The lowest BCUT2D eigenvalue weighted by molar-refractivity contribution is -0.126. The molecular formula is C10H19N3O3. The molecule has 6 nitrogen and oxygen atoms in total. The smallest absolute Gasteiger partial charge is 0.239 e. The average molecular weight is 229 g/mol. The Morgan fingerprint density at radius 2 is 2.06 bits per heavy atom. The molecule has 0 spiro atoms. The summed E-state index contributed by atoms with van der Waals surface area (Å²) in [5.41, 5.74) is 0. The molecule has 1 aliphatic rings. The van der Waals surface area contributed by atoms with Crippen LogP contribution in [-0.2, 0) is 14.3 Å². The lowest BCUT2D eigenvalue weighted by atomic mass is 9.99. The van der Waals surface area contributed by atoms with E-state index in [1.807, 2.05) is 0 Å². The Labute approximate surface area is 95.1 Å². The van der Waals surface area contributed by atoms with E-state index in [2.05, 4.69) is 16.0 Å². The summed E-state index contributed by atoms with van der Waals surface area (Å²) in [4.78, 5) is 22.5. The molecule has 1 heterocycles. The van der Waals surface area contributed by atoms with E-state index in [0.29, 0.717) is 25.5 Å². The molecule has 0 radical (unpaired) electrons. The van der Waals surface area contributed by atoms with Crippen LogP contribution in [-0.4, -0.2) is 51.7 Å². The molecule has 2 amide bonds. The zero-order valence-electron chi connectivity index (χ0n) is 9.54. The highest BCUT2D eigenvalue weighted by molar-refractivity contribution is 5.84. The second kappa shape index (κ2) is 7.19. The van der Waals surface area contributed by atoms with E-state index >= 15 is 0 Å². The molecule has 16 heavy (non-hydrogen) atoms. The molecule has 0 atom stereocenters. The number of amides is 2. The van der Waals surface area contributed by atoms with Gasteiger partial charge in [-0.3, -0.25) is 9.59 Å². The van der Waals surface area contributed by atoms with Gasteiger partial charge in [-0.1, -0.05) is 0 Å². The number of rotatable bonds is 7. The molecule has 1 saturated heterocycles. The Morgan fingerprint density at radius 3 is 2.62 bits per heavy atom. The molecule has 92 valence electrons. The standard InChI is InChI=1S/C10H19N3O3/c1-16-3-2-12-10(15)7-13-9(14)4-8-5-11-6-8/h8,11H,2-7H2,1H3,(H,12,15)(H,13,14). The summed E-state index contributed by atoms with van der Waals surface area (Å²) in [5, 5.41) is 8.31. The summed E-state index contributed by atoms with van der Waals surface area (Å²) in [6, 6.07) is 0. The topological polar surface area (TPSA) is 79.5 Å². The first-order valence-electron chi connectivity index (χ1n) is 5.45. The van der Waals surface area contributed by atoms with Crippen LogP contribution in [0.25, 0.3) is 0 Å². The minimum absolute atomic E-state index is 0.0443. The van der Waals surface area contributed by atoms with Crippen molar-refractivity contribution < 1.29 is 14.3 Å². The Kier molecular flexibility index (Phi) is 5.81. The van der Waals surface area contributed by atoms with E-state index in [1.165, 1.54) is 0 Å². The van der Waals surface area contributed by atoms with Crippen LogP contribution in [0, 0.1) is 5.92 Å². The summed E-state index contributed by atoms with van der Waals surface area (Å²) in [5.74, 6) is 0.182. The van der Waals surface area contributed by atoms with Gasteiger partial charge in [0.1, 0.15) is 0 Å². The number of hydrogen-bond donors (Lipinski definition) is 3. The van der Waals surface area contributed by atoms with Crippen molar-refractivity contribution >= 4 is 11.8 Å². The number of hydrogen-bond acceptors (Lipinski definition) is 4. The van der Waals surface area contributed by atoms with E-state index in [0.717, 1.165) is 13.1 Å². The van der Waals surface area contributed by atoms with E-state index in [9.17, 15) is 9.59 Å². The minimum Gasteiger partial charge on any atom is -0.383 e. The second-order valence-corrected chi connectivity index (χ2v) is 3.85. The summed E-state index contributed by atoms with van der Waals surface area (Å²) in [6.45, 7) is 2.79. The van der Waals surface area contributed by atoms with E-state index in [-0.39, 0.29) is 18.4 Å². The summed E-state index contributed by atoms with van der Waals surface area (Å²) in [6.07, 6.45) is 0.498. The molecule has 0 unspecified atom stereocenters. The highest BCUT2D eigenvalue weighted by atomic mass is 16.5. The van der Waals surface area contributed by atoms with Gasteiger partial charge in [-0.15, -0.1) is 0 Å². The SMILES string of the molecule is COCCNC(=O)CNC(=O)CC1CNC1. The molecule has 1 aliphatic heterocycles. The third-order valence-corrected chi connectivity index (χ3v) is 2.41. The number of carbonyl (C=O) groups excluding carboxylic acids is 2. The summed E-state index contributed by atoms with van der Waals surface area (Å²) >= 11 is 0. The lowest BCUT2D eigenvalue weighted by Crippen LogP contribution is -2.45. The van der Waals surface area contributed by atoms with Crippen LogP contribution in [0.2, 0.25) is 0 Å². The van der Waals surface area contributed by atoms with Crippen LogP contribution in [0.4, 0.5) is 0 Å². The molecule has 0 aromatic heterocycles. The maximum absolute atomic E-state index is 11.3. The van der Waals surface area contributed by atoms with Gasteiger partial charge in [0.05, 0.1) is 13.2 Å². The van der Waals surface area contributed by atoms with Gasteiger partial charge >= 0.3 is 0 Å². The first-order valence-corrected chi connectivity index (χ1v) is 5.45. The van der Waals surface area contributed by atoms with E-state index in [1.54, 1.807) is 7.11 Å². The predicted octanol–water partition coefficient (Wildman–Crippen LogP) is -1.53. The zero-order chi connectivity index (χ0) is 11.8. The van der Waals surface area contributed by atoms with Crippen molar-refractivity contribution in [2.24, 2.45) is 5.92 Å². The normalized spacial score (nSPS) is 15.3. The first kappa shape index (κ1) is 12.9. The first-order chi connectivity index (χ1) is 7.72. The molecule has 1 rings (SSSR count). The maximum atomic E-state index is 11.3. The fraction of sp³-hybridized carbons (Fsp3) is 0.800. The molecule has 0 aromatic rings. The van der Waals surface area contributed by atoms with Crippen molar-refractivity contribution in [3.05, 3.63) is 0 Å². The van der Waals surface area contributed by atoms with Crippen molar-refractivity contribution in [3.8, 4) is 0 Å². The van der Waals surface area contributed by atoms with Crippen molar-refractivity contribution in [2.75, 3.05) is 39.9 Å². The number of methoxy groups -OCH3 is 1. The highest BCUT2D eigenvalue weighted by Gasteiger charge is 2.19. The lowest BCUT2D eigenvalue weighted by Gasteiger charge is -2.26. The second-order valence-electron chi connectivity index (χ2n) is 3.85. The highest BCUT2D eigenvalue weighted by Crippen LogP contribution is 2.06. The van der Waals surface area contributed by atoms with Gasteiger partial charge in [-0.05, 0) is 19.0 Å². The summed E-state index contributed by atoms with van der Waals surface area (Å²) < 4.78 is 4.78. The van der Waals surface area contributed by atoms with Gasteiger partial charge in [-0.25, -0.2) is 0 Å². The number of carbonyl (C=O) groups is 2. The van der Waals surface area contributed by atoms with Crippen LogP contribution in [0.5, 0.6) is 0 Å². The Hall–Kier alpha value is -1.14. The summed E-state index contributed by atoms with van der Waals surface area (Å²) in [7, 11) is 1.57. The van der Waals surface area contributed by atoms with E-state index in [4.69, 9.17) is 4.74 Å².